The van der Waals surface area contributed by atoms with Gasteiger partial charge in [0, 0.05) is 33.5 Å². The van der Waals surface area contributed by atoms with Gasteiger partial charge in [0.1, 0.15) is 5.69 Å². The molecule has 0 saturated heterocycles. The Morgan fingerprint density at radius 2 is 1.79 bits per heavy atom. The van der Waals surface area contributed by atoms with Crippen molar-refractivity contribution in [3.8, 4) is 22.8 Å². The van der Waals surface area contributed by atoms with Crippen LogP contribution >= 0.6 is 15.9 Å². The molecule has 2 aromatic carbocycles. The van der Waals surface area contributed by atoms with Gasteiger partial charge in [-0.25, -0.2) is 9.37 Å². The van der Waals surface area contributed by atoms with Gasteiger partial charge in [0.15, 0.2) is 17.3 Å². The Balaban J connectivity index is 1.72. The zero-order chi connectivity index (χ0) is 19.1. The van der Waals surface area contributed by atoms with Crippen LogP contribution in [0.15, 0.2) is 65.4 Å². The highest BCUT2D eigenvalue weighted by atomic mass is 79.9. The van der Waals surface area contributed by atoms with E-state index in [9.17, 15) is 0 Å². The van der Waals surface area contributed by atoms with Crippen molar-refractivity contribution in [3.63, 3.8) is 0 Å². The van der Waals surface area contributed by atoms with Crippen molar-refractivity contribution in [1.29, 1.82) is 0 Å². The SMILES string of the molecule is Fc1c(-c2ccc3c(c2)OCO3)nc2cc(Br)ccc2c1Nc1ccncc1. The number of anilines is 2. The molecule has 0 aliphatic carbocycles. The molecule has 0 amide bonds. The van der Waals surface area contributed by atoms with E-state index in [0.29, 0.717) is 33.7 Å². The second-order valence-corrected chi connectivity index (χ2v) is 7.16. The van der Waals surface area contributed by atoms with E-state index < -0.39 is 5.82 Å². The van der Waals surface area contributed by atoms with Gasteiger partial charge in [-0.1, -0.05) is 15.9 Å². The molecule has 1 aliphatic rings. The number of halogens is 2. The Labute approximate surface area is 168 Å². The maximum atomic E-state index is 15.6. The number of hydrogen-bond acceptors (Lipinski definition) is 5. The predicted molar refractivity (Wildman–Crippen MR) is 108 cm³/mol. The lowest BCUT2D eigenvalue weighted by Crippen LogP contribution is -2.00. The van der Waals surface area contributed by atoms with E-state index in [1.54, 1.807) is 42.7 Å². The number of fused-ring (bicyclic) bond motifs is 2. The van der Waals surface area contributed by atoms with Gasteiger partial charge in [-0.15, -0.1) is 0 Å². The van der Waals surface area contributed by atoms with Crippen LogP contribution in [0.5, 0.6) is 11.5 Å². The first-order valence-corrected chi connectivity index (χ1v) is 9.34. The molecular weight excluding hydrogens is 425 g/mol. The van der Waals surface area contributed by atoms with E-state index in [2.05, 4.69) is 31.2 Å². The highest BCUT2D eigenvalue weighted by Gasteiger charge is 2.20. The van der Waals surface area contributed by atoms with Crippen LogP contribution in [0.1, 0.15) is 0 Å². The number of benzene rings is 2. The van der Waals surface area contributed by atoms with Crippen LogP contribution in [-0.4, -0.2) is 16.8 Å². The van der Waals surface area contributed by atoms with Gasteiger partial charge >= 0.3 is 0 Å². The van der Waals surface area contributed by atoms with E-state index in [0.717, 1.165) is 10.2 Å². The van der Waals surface area contributed by atoms with Gasteiger partial charge in [-0.3, -0.25) is 4.98 Å². The third-order valence-electron chi connectivity index (χ3n) is 4.48. The van der Waals surface area contributed by atoms with Gasteiger partial charge in [-0.2, -0.15) is 0 Å². The molecule has 0 radical (unpaired) electrons. The molecule has 7 heteroatoms. The van der Waals surface area contributed by atoms with Crippen LogP contribution in [0.2, 0.25) is 0 Å². The molecular formula is C21H13BrFN3O2. The van der Waals surface area contributed by atoms with Crippen molar-refractivity contribution >= 4 is 38.2 Å². The molecule has 0 atom stereocenters. The van der Waals surface area contributed by atoms with Crippen LogP contribution < -0.4 is 14.8 Å². The molecule has 28 heavy (non-hydrogen) atoms. The molecule has 0 fully saturated rings. The number of rotatable bonds is 3. The highest BCUT2D eigenvalue weighted by molar-refractivity contribution is 9.10. The Morgan fingerprint density at radius 3 is 2.64 bits per heavy atom. The molecule has 0 unspecified atom stereocenters. The lowest BCUT2D eigenvalue weighted by molar-refractivity contribution is 0.174. The maximum absolute atomic E-state index is 15.6. The summed E-state index contributed by atoms with van der Waals surface area (Å²) in [6.45, 7) is 0.161. The van der Waals surface area contributed by atoms with E-state index >= 15 is 4.39 Å². The molecule has 3 heterocycles. The molecule has 4 aromatic rings. The van der Waals surface area contributed by atoms with Gasteiger partial charge in [0.25, 0.3) is 0 Å². The maximum Gasteiger partial charge on any atom is 0.231 e. The minimum absolute atomic E-state index is 0.161. The number of aromatic nitrogens is 2. The molecule has 0 spiro atoms. The van der Waals surface area contributed by atoms with Crippen molar-refractivity contribution < 1.29 is 13.9 Å². The normalized spacial score (nSPS) is 12.4. The minimum Gasteiger partial charge on any atom is -0.454 e. The number of ether oxygens (including phenoxy) is 2. The average molecular weight is 438 g/mol. The summed E-state index contributed by atoms with van der Waals surface area (Å²) >= 11 is 3.46. The second kappa shape index (κ2) is 6.76. The monoisotopic (exact) mass is 437 g/mol. The smallest absolute Gasteiger partial charge is 0.231 e. The first-order chi connectivity index (χ1) is 13.7. The van der Waals surface area contributed by atoms with Gasteiger partial charge in [0.2, 0.25) is 6.79 Å². The molecule has 0 saturated carbocycles. The third-order valence-corrected chi connectivity index (χ3v) is 4.98. The first kappa shape index (κ1) is 16.9. The van der Waals surface area contributed by atoms with E-state index in [1.807, 2.05) is 18.2 Å². The fourth-order valence-electron chi connectivity index (χ4n) is 3.15. The molecule has 138 valence electrons. The standard InChI is InChI=1S/C21H13BrFN3O2/c22-13-2-3-15-16(10-13)26-20(12-1-4-17-18(9-12)28-11-27-17)19(23)21(15)25-14-5-7-24-8-6-14/h1-10H,11H2,(H,24,25,26). The van der Waals surface area contributed by atoms with Crippen molar-refractivity contribution in [2.45, 2.75) is 0 Å². The summed E-state index contributed by atoms with van der Waals surface area (Å²) in [6.07, 6.45) is 3.30. The average Bonchev–Trinajstić information content (AvgIpc) is 3.18. The van der Waals surface area contributed by atoms with Crippen LogP contribution in [0, 0.1) is 5.82 Å². The Hall–Kier alpha value is -3.19. The van der Waals surface area contributed by atoms with E-state index in [4.69, 9.17) is 9.47 Å². The summed E-state index contributed by atoms with van der Waals surface area (Å²) in [7, 11) is 0. The fourth-order valence-corrected chi connectivity index (χ4v) is 3.50. The summed E-state index contributed by atoms with van der Waals surface area (Å²) < 4.78 is 27.2. The molecule has 1 aliphatic heterocycles. The highest BCUT2D eigenvalue weighted by Crippen LogP contribution is 2.39. The summed E-state index contributed by atoms with van der Waals surface area (Å²) in [4.78, 5) is 8.58. The zero-order valence-corrected chi connectivity index (χ0v) is 16.0. The zero-order valence-electron chi connectivity index (χ0n) is 14.4. The number of pyridine rings is 2. The van der Waals surface area contributed by atoms with E-state index in [-0.39, 0.29) is 12.5 Å². The molecule has 2 aromatic heterocycles. The van der Waals surface area contributed by atoms with Gasteiger partial charge in [0.05, 0.1) is 11.2 Å². The van der Waals surface area contributed by atoms with Crippen molar-refractivity contribution in [3.05, 3.63) is 71.2 Å². The summed E-state index contributed by atoms with van der Waals surface area (Å²) in [5.74, 6) is 0.782. The Morgan fingerprint density at radius 1 is 0.964 bits per heavy atom. The topological polar surface area (TPSA) is 56.3 Å². The predicted octanol–water partition coefficient (Wildman–Crippen LogP) is 5.67. The fraction of sp³-hybridized carbons (Fsp3) is 0.0476. The van der Waals surface area contributed by atoms with Crippen molar-refractivity contribution in [2.24, 2.45) is 0 Å². The Bertz CT molecular complexity index is 1200. The Kier molecular flexibility index (Phi) is 4.09. The van der Waals surface area contributed by atoms with Crippen molar-refractivity contribution in [2.75, 3.05) is 12.1 Å². The third kappa shape index (κ3) is 2.93. The largest absolute Gasteiger partial charge is 0.454 e. The molecule has 5 nitrogen and oxygen atoms in total. The lowest BCUT2D eigenvalue weighted by Gasteiger charge is -2.14. The lowest BCUT2D eigenvalue weighted by atomic mass is 10.1. The molecule has 1 N–H and O–H groups in total. The quantitative estimate of drug-likeness (QED) is 0.447. The van der Waals surface area contributed by atoms with Gasteiger partial charge in [-0.05, 0) is 48.5 Å². The minimum atomic E-state index is -0.439. The first-order valence-electron chi connectivity index (χ1n) is 8.55. The van der Waals surface area contributed by atoms with Crippen LogP contribution in [0.25, 0.3) is 22.2 Å². The second-order valence-electron chi connectivity index (χ2n) is 6.24. The summed E-state index contributed by atoms with van der Waals surface area (Å²) in [5, 5.41) is 3.85. The number of hydrogen-bond donors (Lipinski definition) is 1. The molecule has 0 bridgehead atoms. The number of nitrogens with one attached hydrogen (secondary N) is 1. The van der Waals surface area contributed by atoms with Gasteiger partial charge < -0.3 is 14.8 Å². The molecule has 5 rings (SSSR count). The number of nitrogens with zero attached hydrogens (tertiary/aromatic N) is 2. The van der Waals surface area contributed by atoms with Crippen molar-refractivity contribution in [1.82, 2.24) is 9.97 Å². The van der Waals surface area contributed by atoms with Crippen LogP contribution in [0.4, 0.5) is 15.8 Å². The summed E-state index contributed by atoms with van der Waals surface area (Å²) in [6, 6.07) is 14.4. The van der Waals surface area contributed by atoms with E-state index in [1.165, 1.54) is 0 Å². The summed E-state index contributed by atoms with van der Waals surface area (Å²) in [5.41, 5.74) is 2.61. The van der Waals surface area contributed by atoms with Crippen LogP contribution in [0.3, 0.4) is 0 Å². The van der Waals surface area contributed by atoms with Crippen LogP contribution in [-0.2, 0) is 0 Å².